The quantitative estimate of drug-likeness (QED) is 0.191. The molecule has 0 amide bonds. The van der Waals surface area contributed by atoms with Gasteiger partial charge in [0, 0.05) is 11.1 Å². The molecule has 0 bridgehead atoms. The smallest absolute Gasteiger partial charge is 0.318 e. The molecule has 39 heavy (non-hydrogen) atoms. The van der Waals surface area contributed by atoms with Crippen LogP contribution in [0.15, 0.2) is 89.7 Å². The van der Waals surface area contributed by atoms with Gasteiger partial charge in [-0.1, -0.05) is 59.9 Å². The van der Waals surface area contributed by atoms with E-state index in [2.05, 4.69) is 0 Å². The van der Waals surface area contributed by atoms with Crippen molar-refractivity contribution in [1.82, 2.24) is 4.57 Å². The molecule has 0 aliphatic rings. The second kappa shape index (κ2) is 10.9. The zero-order valence-electron chi connectivity index (χ0n) is 20.6. The molecule has 0 saturated carbocycles. The molecule has 4 aromatic carbocycles. The van der Waals surface area contributed by atoms with E-state index in [9.17, 15) is 19.2 Å². The lowest BCUT2D eigenvalue weighted by molar-refractivity contribution is -0.154. The normalized spacial score (nSPS) is 11.2. The van der Waals surface area contributed by atoms with Crippen molar-refractivity contribution < 1.29 is 29.3 Å². The Hall–Kier alpha value is -4.76. The lowest BCUT2D eigenvalue weighted by Gasteiger charge is -2.10. The number of ketones is 1. The Bertz CT molecular complexity index is 1750. The Morgan fingerprint density at radius 3 is 2.21 bits per heavy atom. The van der Waals surface area contributed by atoms with Gasteiger partial charge in [-0.25, -0.2) is 0 Å². The van der Waals surface area contributed by atoms with E-state index in [0.29, 0.717) is 39.2 Å². The van der Waals surface area contributed by atoms with Crippen molar-refractivity contribution in [3.8, 4) is 5.75 Å². The summed E-state index contributed by atoms with van der Waals surface area (Å²) < 4.78 is 8.06. The average molecular weight is 542 g/mol. The van der Waals surface area contributed by atoms with Gasteiger partial charge in [-0.2, -0.15) is 0 Å². The zero-order chi connectivity index (χ0) is 27.5. The third kappa shape index (κ3) is 5.58. The Labute approximate surface area is 226 Å². The van der Waals surface area contributed by atoms with E-state index in [-0.39, 0.29) is 23.7 Å². The van der Waals surface area contributed by atoms with Gasteiger partial charge < -0.3 is 14.9 Å². The molecule has 1 heterocycles. The van der Waals surface area contributed by atoms with E-state index in [4.69, 9.17) is 14.9 Å². The number of carboxylic acids is 2. The summed E-state index contributed by atoms with van der Waals surface area (Å²) in [5, 5.41) is 20.1. The molecular formula is C30H23NO7S. The number of ether oxygens (including phenoxy) is 1. The lowest BCUT2D eigenvalue weighted by atomic mass is 10.00. The number of aromatic nitrogens is 1. The van der Waals surface area contributed by atoms with E-state index in [1.165, 1.54) is 0 Å². The van der Waals surface area contributed by atoms with Crippen molar-refractivity contribution >= 4 is 50.0 Å². The number of hydrogen-bond acceptors (Lipinski definition) is 6. The van der Waals surface area contributed by atoms with Crippen LogP contribution in [0.5, 0.6) is 5.75 Å². The number of rotatable bonds is 10. The largest absolute Gasteiger partial charge is 0.492 e. The van der Waals surface area contributed by atoms with Crippen LogP contribution in [0, 0.1) is 5.92 Å². The van der Waals surface area contributed by atoms with Crippen LogP contribution in [0.2, 0.25) is 0 Å². The van der Waals surface area contributed by atoms with Crippen LogP contribution in [0.3, 0.4) is 0 Å². The molecule has 5 rings (SSSR count). The van der Waals surface area contributed by atoms with Crippen molar-refractivity contribution in [2.75, 3.05) is 6.61 Å². The first-order chi connectivity index (χ1) is 18.8. The third-order valence-corrected chi connectivity index (χ3v) is 7.43. The fourth-order valence-electron chi connectivity index (χ4n) is 4.41. The van der Waals surface area contributed by atoms with Crippen LogP contribution in [-0.4, -0.2) is 39.1 Å². The number of thiazole rings is 1. The molecule has 196 valence electrons. The first kappa shape index (κ1) is 25.9. The molecule has 0 aliphatic heterocycles. The van der Waals surface area contributed by atoms with Crippen molar-refractivity contribution in [3.63, 3.8) is 0 Å². The number of carboxylic acid groups (broad SMARTS) is 2. The summed E-state index contributed by atoms with van der Waals surface area (Å²) in [6.45, 7) is 0.494. The lowest BCUT2D eigenvalue weighted by Crippen LogP contribution is -2.25. The number of benzene rings is 4. The number of aliphatic carboxylic acids is 2. The predicted molar refractivity (Wildman–Crippen MR) is 148 cm³/mol. The molecule has 0 fully saturated rings. The molecule has 9 heteroatoms. The Kier molecular flexibility index (Phi) is 7.25. The van der Waals surface area contributed by atoms with E-state index < -0.39 is 17.9 Å². The summed E-state index contributed by atoms with van der Waals surface area (Å²) in [6.07, 6.45) is -0.132. The van der Waals surface area contributed by atoms with Gasteiger partial charge in [0.1, 0.15) is 12.4 Å². The fourth-order valence-corrected chi connectivity index (χ4v) is 5.37. The first-order valence-corrected chi connectivity index (χ1v) is 13.0. The average Bonchev–Trinajstić information content (AvgIpc) is 3.25. The van der Waals surface area contributed by atoms with Gasteiger partial charge in [0.15, 0.2) is 11.7 Å². The molecule has 8 nitrogen and oxygen atoms in total. The fraction of sp³-hybridized carbons (Fsp3) is 0.133. The SMILES string of the molecule is O=C(c1ccc2ccccc2c1)c1ccc2c(c1)sc(=O)n2CCOc1ccc(CC(C(=O)O)C(=O)O)cc1. The van der Waals surface area contributed by atoms with Crippen molar-refractivity contribution in [2.24, 2.45) is 5.92 Å². The third-order valence-electron chi connectivity index (χ3n) is 6.49. The summed E-state index contributed by atoms with van der Waals surface area (Å²) in [6, 6.07) is 25.2. The highest BCUT2D eigenvalue weighted by atomic mass is 32.1. The van der Waals surface area contributed by atoms with Gasteiger partial charge in [0.25, 0.3) is 0 Å². The number of nitrogens with zero attached hydrogens (tertiary/aromatic N) is 1. The summed E-state index contributed by atoms with van der Waals surface area (Å²) >= 11 is 1.07. The van der Waals surface area contributed by atoms with Gasteiger partial charge in [-0.15, -0.1) is 0 Å². The molecule has 2 N–H and O–H groups in total. The first-order valence-electron chi connectivity index (χ1n) is 12.1. The maximum Gasteiger partial charge on any atom is 0.318 e. The van der Waals surface area contributed by atoms with Gasteiger partial charge in [0.2, 0.25) is 0 Å². The summed E-state index contributed by atoms with van der Waals surface area (Å²) in [5.41, 5.74) is 2.37. The van der Waals surface area contributed by atoms with E-state index in [1.54, 1.807) is 47.0 Å². The molecule has 0 unspecified atom stereocenters. The van der Waals surface area contributed by atoms with Crippen LogP contribution in [0.25, 0.3) is 21.0 Å². The second-order valence-corrected chi connectivity index (χ2v) is 10.0. The van der Waals surface area contributed by atoms with Gasteiger partial charge in [-0.05, 0) is 59.2 Å². The van der Waals surface area contributed by atoms with E-state index in [0.717, 1.165) is 22.1 Å². The minimum atomic E-state index is -1.51. The molecule has 1 aromatic heterocycles. The molecule has 0 aliphatic carbocycles. The molecule has 0 saturated heterocycles. The molecule has 0 spiro atoms. The van der Waals surface area contributed by atoms with E-state index >= 15 is 0 Å². The van der Waals surface area contributed by atoms with Crippen LogP contribution >= 0.6 is 11.3 Å². The molecular weight excluding hydrogens is 518 g/mol. The number of carbonyl (C=O) groups excluding carboxylic acids is 1. The summed E-state index contributed by atoms with van der Waals surface area (Å²) in [5.74, 6) is -3.89. The Morgan fingerprint density at radius 2 is 1.49 bits per heavy atom. The number of hydrogen-bond donors (Lipinski definition) is 2. The maximum atomic E-state index is 13.1. The van der Waals surface area contributed by atoms with Gasteiger partial charge in [-0.3, -0.25) is 23.7 Å². The summed E-state index contributed by atoms with van der Waals surface area (Å²) in [4.78, 5) is 47.9. The highest BCUT2D eigenvalue weighted by molar-refractivity contribution is 7.16. The standard InChI is InChI=1S/C30H23NO7S/c32-27(21-8-7-19-3-1-2-4-20(19)16-21)22-9-12-25-26(17-22)39-30(37)31(25)13-14-38-23-10-5-18(6-11-23)15-24(28(33)34)29(35)36/h1-12,16-17,24H,13-15H2,(H,33,34)(H,35,36). The number of fused-ring (bicyclic) bond motifs is 2. The highest BCUT2D eigenvalue weighted by Gasteiger charge is 2.25. The van der Waals surface area contributed by atoms with Crippen molar-refractivity contribution in [2.45, 2.75) is 13.0 Å². The van der Waals surface area contributed by atoms with Gasteiger partial charge in [0.05, 0.1) is 16.8 Å². The van der Waals surface area contributed by atoms with Crippen molar-refractivity contribution in [3.05, 3.63) is 111 Å². The van der Waals surface area contributed by atoms with Crippen molar-refractivity contribution in [1.29, 1.82) is 0 Å². The highest BCUT2D eigenvalue weighted by Crippen LogP contribution is 2.23. The maximum absolute atomic E-state index is 13.1. The Morgan fingerprint density at radius 1 is 0.821 bits per heavy atom. The number of carbonyl (C=O) groups is 3. The van der Waals surface area contributed by atoms with E-state index in [1.807, 2.05) is 42.5 Å². The van der Waals surface area contributed by atoms with Crippen LogP contribution < -0.4 is 9.61 Å². The Balaban J connectivity index is 1.26. The second-order valence-electron chi connectivity index (χ2n) is 9.02. The minimum Gasteiger partial charge on any atom is -0.492 e. The zero-order valence-corrected chi connectivity index (χ0v) is 21.4. The van der Waals surface area contributed by atoms with Crippen LogP contribution in [0.4, 0.5) is 0 Å². The predicted octanol–water partition coefficient (Wildman–Crippen LogP) is 4.85. The van der Waals surface area contributed by atoms with Crippen LogP contribution in [0.1, 0.15) is 21.5 Å². The minimum absolute atomic E-state index is 0.111. The molecule has 0 atom stereocenters. The summed E-state index contributed by atoms with van der Waals surface area (Å²) in [7, 11) is 0. The van der Waals surface area contributed by atoms with Gasteiger partial charge >= 0.3 is 16.8 Å². The molecule has 5 aromatic rings. The monoisotopic (exact) mass is 541 g/mol. The van der Waals surface area contributed by atoms with Crippen LogP contribution in [-0.2, 0) is 22.6 Å². The topological polar surface area (TPSA) is 123 Å². The molecule has 0 radical (unpaired) electrons.